The molecule has 0 radical (unpaired) electrons. The lowest BCUT2D eigenvalue weighted by atomic mass is 10.1. The summed E-state index contributed by atoms with van der Waals surface area (Å²) in [5, 5.41) is 0.528. The summed E-state index contributed by atoms with van der Waals surface area (Å²) in [5.41, 5.74) is 1.19. The van der Waals surface area contributed by atoms with Crippen molar-refractivity contribution in [3.8, 4) is 5.75 Å². The number of hydrogen-bond donors (Lipinski definition) is 0. The molecule has 0 heterocycles. The molecule has 0 spiro atoms. The maximum atomic E-state index is 11.6. The summed E-state index contributed by atoms with van der Waals surface area (Å²) in [5.74, 6) is 1.82. The van der Waals surface area contributed by atoms with E-state index in [0.717, 1.165) is 12.2 Å². The predicted molar refractivity (Wildman–Crippen MR) is 73.9 cm³/mol. The number of ketones is 1. The van der Waals surface area contributed by atoms with E-state index in [1.807, 2.05) is 24.3 Å². The van der Waals surface area contributed by atoms with Crippen LogP contribution in [-0.2, 0) is 11.2 Å². The molecule has 2 nitrogen and oxygen atoms in total. The molecule has 1 aromatic carbocycles. The van der Waals surface area contributed by atoms with Gasteiger partial charge in [-0.1, -0.05) is 26.0 Å². The van der Waals surface area contributed by atoms with E-state index in [1.54, 1.807) is 18.9 Å². The highest BCUT2D eigenvalue weighted by Crippen LogP contribution is 2.14. The quantitative estimate of drug-likeness (QED) is 0.744. The maximum absolute atomic E-state index is 11.6. The van der Waals surface area contributed by atoms with Gasteiger partial charge in [0.15, 0.2) is 0 Å². The van der Waals surface area contributed by atoms with E-state index in [-0.39, 0.29) is 0 Å². The highest BCUT2D eigenvalue weighted by atomic mass is 32.2. The van der Waals surface area contributed by atoms with Crippen LogP contribution in [0.15, 0.2) is 24.3 Å². The van der Waals surface area contributed by atoms with Crippen molar-refractivity contribution >= 4 is 17.5 Å². The third kappa shape index (κ3) is 5.78. The second-order valence-electron chi connectivity index (χ2n) is 4.25. The fourth-order valence-corrected chi connectivity index (χ4v) is 2.07. The lowest BCUT2D eigenvalue weighted by molar-refractivity contribution is -0.116. The van der Waals surface area contributed by atoms with E-state index in [4.69, 9.17) is 4.74 Å². The summed E-state index contributed by atoms with van der Waals surface area (Å²) in [4.78, 5) is 11.6. The zero-order valence-electron chi connectivity index (χ0n) is 10.7. The van der Waals surface area contributed by atoms with E-state index in [2.05, 4.69) is 13.8 Å². The zero-order chi connectivity index (χ0) is 12.7. The van der Waals surface area contributed by atoms with Crippen molar-refractivity contribution in [2.75, 3.05) is 12.9 Å². The summed E-state index contributed by atoms with van der Waals surface area (Å²) in [6, 6.07) is 7.90. The Labute approximate surface area is 108 Å². The molecule has 1 aromatic rings. The number of hydrogen-bond acceptors (Lipinski definition) is 3. The van der Waals surface area contributed by atoms with Crippen LogP contribution in [-0.4, -0.2) is 23.9 Å². The van der Waals surface area contributed by atoms with Crippen molar-refractivity contribution in [2.24, 2.45) is 0 Å². The van der Waals surface area contributed by atoms with E-state index < -0.39 is 0 Å². The third-order valence-corrected chi connectivity index (χ3v) is 3.58. The van der Waals surface area contributed by atoms with Crippen molar-refractivity contribution in [3.63, 3.8) is 0 Å². The number of Topliss-reactive ketones (excluding diaryl/α,β-unsaturated/α-hetero) is 1. The van der Waals surface area contributed by atoms with Crippen molar-refractivity contribution < 1.29 is 9.53 Å². The predicted octanol–water partition coefficient (Wildman–Crippen LogP) is 3.34. The van der Waals surface area contributed by atoms with Crippen molar-refractivity contribution in [1.29, 1.82) is 0 Å². The Morgan fingerprint density at radius 1 is 1.29 bits per heavy atom. The lowest BCUT2D eigenvalue weighted by Crippen LogP contribution is -2.05. The van der Waals surface area contributed by atoms with Gasteiger partial charge in [-0.3, -0.25) is 4.79 Å². The molecule has 0 amide bonds. The number of benzene rings is 1. The number of ether oxygens (including phenoxy) is 1. The summed E-state index contributed by atoms with van der Waals surface area (Å²) in [6.45, 7) is 4.23. The van der Waals surface area contributed by atoms with E-state index in [0.29, 0.717) is 23.2 Å². The van der Waals surface area contributed by atoms with Gasteiger partial charge in [0.2, 0.25) is 0 Å². The third-order valence-electron chi connectivity index (χ3n) is 2.43. The largest absolute Gasteiger partial charge is 0.497 e. The van der Waals surface area contributed by atoms with Gasteiger partial charge in [-0.25, -0.2) is 0 Å². The first-order chi connectivity index (χ1) is 8.11. The van der Waals surface area contributed by atoms with E-state index in [9.17, 15) is 4.79 Å². The Balaban J connectivity index is 2.31. The zero-order valence-corrected chi connectivity index (χ0v) is 11.5. The number of thioether (sulfide) groups is 1. The topological polar surface area (TPSA) is 26.3 Å². The van der Waals surface area contributed by atoms with Crippen LogP contribution in [0.1, 0.15) is 25.8 Å². The SMILES string of the molecule is COc1ccc(CCC(=O)CSC(C)C)cc1. The molecule has 0 bridgehead atoms. The number of rotatable bonds is 7. The molecule has 0 saturated heterocycles. The lowest BCUT2D eigenvalue weighted by Gasteiger charge is -2.05. The standard InChI is InChI=1S/C14H20O2S/c1-11(2)17-10-13(15)7-4-12-5-8-14(16-3)9-6-12/h5-6,8-9,11H,4,7,10H2,1-3H3. The molecule has 0 aliphatic rings. The van der Waals surface area contributed by atoms with Crippen LogP contribution in [0.3, 0.4) is 0 Å². The number of carbonyl (C=O) groups is 1. The van der Waals surface area contributed by atoms with Gasteiger partial charge in [0.05, 0.1) is 12.9 Å². The van der Waals surface area contributed by atoms with Crippen molar-refractivity contribution in [1.82, 2.24) is 0 Å². The Hall–Kier alpha value is -0.960. The van der Waals surface area contributed by atoms with Gasteiger partial charge in [-0.2, -0.15) is 11.8 Å². The summed E-state index contributed by atoms with van der Waals surface area (Å²) in [7, 11) is 1.65. The average Bonchev–Trinajstić information content (AvgIpc) is 2.34. The van der Waals surface area contributed by atoms with Crippen LogP contribution in [0, 0.1) is 0 Å². The fourth-order valence-electron chi connectivity index (χ4n) is 1.41. The summed E-state index contributed by atoms with van der Waals surface area (Å²) < 4.78 is 5.09. The maximum Gasteiger partial charge on any atom is 0.143 e. The minimum absolute atomic E-state index is 0.333. The first-order valence-electron chi connectivity index (χ1n) is 5.88. The first kappa shape index (κ1) is 14.1. The minimum atomic E-state index is 0.333. The second-order valence-corrected chi connectivity index (χ2v) is 5.81. The molecule has 0 saturated carbocycles. The molecule has 0 aliphatic carbocycles. The highest BCUT2D eigenvalue weighted by Gasteiger charge is 2.04. The number of carbonyl (C=O) groups excluding carboxylic acids is 1. The molecule has 0 atom stereocenters. The van der Waals surface area contributed by atoms with Gasteiger partial charge < -0.3 is 4.74 Å². The smallest absolute Gasteiger partial charge is 0.143 e. The Bertz CT molecular complexity index is 344. The average molecular weight is 252 g/mol. The van der Waals surface area contributed by atoms with Crippen molar-refractivity contribution in [2.45, 2.75) is 31.9 Å². The monoisotopic (exact) mass is 252 g/mol. The molecule has 0 N–H and O–H groups in total. The molecule has 0 unspecified atom stereocenters. The van der Waals surface area contributed by atoms with Gasteiger partial charge in [-0.15, -0.1) is 0 Å². The van der Waals surface area contributed by atoms with Crippen LogP contribution < -0.4 is 4.74 Å². The second kappa shape index (κ2) is 7.38. The van der Waals surface area contributed by atoms with Gasteiger partial charge >= 0.3 is 0 Å². The van der Waals surface area contributed by atoms with Crippen LogP contribution in [0.25, 0.3) is 0 Å². The summed E-state index contributed by atoms with van der Waals surface area (Å²) >= 11 is 1.71. The molecule has 17 heavy (non-hydrogen) atoms. The number of methoxy groups -OCH3 is 1. The highest BCUT2D eigenvalue weighted by molar-refractivity contribution is 8.00. The molecule has 3 heteroatoms. The first-order valence-corrected chi connectivity index (χ1v) is 6.93. The normalized spacial score (nSPS) is 10.6. The molecule has 1 rings (SSSR count). The molecular formula is C14H20O2S. The van der Waals surface area contributed by atoms with E-state index in [1.165, 1.54) is 5.56 Å². The Kier molecular flexibility index (Phi) is 6.12. The minimum Gasteiger partial charge on any atom is -0.497 e. The molecule has 0 aromatic heterocycles. The van der Waals surface area contributed by atoms with Crippen LogP contribution in [0.2, 0.25) is 0 Å². The Morgan fingerprint density at radius 2 is 1.94 bits per heavy atom. The van der Waals surface area contributed by atoms with Gasteiger partial charge in [0.25, 0.3) is 0 Å². The van der Waals surface area contributed by atoms with Gasteiger partial charge in [-0.05, 0) is 29.4 Å². The van der Waals surface area contributed by atoms with Crippen LogP contribution in [0.4, 0.5) is 0 Å². The summed E-state index contributed by atoms with van der Waals surface area (Å²) in [6.07, 6.45) is 1.45. The van der Waals surface area contributed by atoms with E-state index >= 15 is 0 Å². The number of aryl methyl sites for hydroxylation is 1. The van der Waals surface area contributed by atoms with Crippen molar-refractivity contribution in [3.05, 3.63) is 29.8 Å². The molecular weight excluding hydrogens is 232 g/mol. The molecule has 94 valence electrons. The molecule has 0 fully saturated rings. The van der Waals surface area contributed by atoms with Crippen LogP contribution in [0.5, 0.6) is 5.75 Å². The Morgan fingerprint density at radius 3 is 2.47 bits per heavy atom. The molecule has 0 aliphatic heterocycles. The van der Waals surface area contributed by atoms with Gasteiger partial charge in [0.1, 0.15) is 11.5 Å². The van der Waals surface area contributed by atoms with Gasteiger partial charge in [0, 0.05) is 6.42 Å². The van der Waals surface area contributed by atoms with Crippen LogP contribution >= 0.6 is 11.8 Å². The fraction of sp³-hybridized carbons (Fsp3) is 0.500.